The van der Waals surface area contributed by atoms with Gasteiger partial charge in [-0.3, -0.25) is 0 Å². The molecule has 3 aliphatic rings. The van der Waals surface area contributed by atoms with Crippen LogP contribution in [0.4, 0.5) is 8.78 Å². The molecule has 1 saturated carbocycles. The molecule has 3 atom stereocenters. The van der Waals surface area contributed by atoms with E-state index >= 15 is 0 Å². The van der Waals surface area contributed by atoms with Gasteiger partial charge >= 0.3 is 0 Å². The first kappa shape index (κ1) is 15.2. The van der Waals surface area contributed by atoms with Crippen LogP contribution >= 0.6 is 0 Å². The van der Waals surface area contributed by atoms with Gasteiger partial charge in [-0.15, -0.1) is 0 Å². The maximum Gasteiger partial charge on any atom is 0.217 e. The zero-order valence-electron chi connectivity index (χ0n) is 13.5. The van der Waals surface area contributed by atoms with Crippen LogP contribution in [0.25, 0.3) is 11.1 Å². The lowest BCUT2D eigenvalue weighted by molar-refractivity contribution is 0.143. The van der Waals surface area contributed by atoms with Crippen LogP contribution in [0.15, 0.2) is 24.3 Å². The average Bonchev–Trinajstić information content (AvgIpc) is 3.49. The largest absolute Gasteiger partial charge is 0.474 e. The Kier molecular flexibility index (Phi) is 3.33. The van der Waals surface area contributed by atoms with Crippen LogP contribution in [0.2, 0.25) is 0 Å². The zero-order chi connectivity index (χ0) is 17.1. The molecule has 1 aromatic carbocycles. The number of nitrogens with two attached hydrogens (primary N) is 1. The Morgan fingerprint density at radius 3 is 2.56 bits per heavy atom. The molecule has 2 N–H and O–H groups in total. The van der Waals surface area contributed by atoms with Crippen molar-refractivity contribution in [2.75, 3.05) is 0 Å². The van der Waals surface area contributed by atoms with Crippen molar-refractivity contribution in [1.29, 1.82) is 0 Å². The third-order valence-corrected chi connectivity index (χ3v) is 5.23. The Morgan fingerprint density at radius 1 is 1.08 bits per heavy atom. The smallest absolute Gasteiger partial charge is 0.217 e. The molecule has 3 heterocycles. The molecule has 6 heteroatoms. The number of ether oxygens (including phenoxy) is 2. The summed E-state index contributed by atoms with van der Waals surface area (Å²) < 4.78 is 39.2. The second-order valence-corrected chi connectivity index (χ2v) is 7.06. The van der Waals surface area contributed by atoms with Gasteiger partial charge in [0.05, 0.1) is 5.69 Å². The van der Waals surface area contributed by atoms with E-state index in [0.29, 0.717) is 28.6 Å². The highest BCUT2D eigenvalue weighted by molar-refractivity contribution is 5.71. The summed E-state index contributed by atoms with van der Waals surface area (Å²) in [5.41, 5.74) is 8.33. The maximum absolute atomic E-state index is 14.4. The van der Waals surface area contributed by atoms with E-state index in [1.807, 2.05) is 0 Å². The van der Waals surface area contributed by atoms with Gasteiger partial charge in [0.25, 0.3) is 0 Å². The van der Waals surface area contributed by atoms with Crippen molar-refractivity contribution in [3.8, 4) is 17.0 Å². The third kappa shape index (κ3) is 2.69. The molecule has 2 aromatic rings. The van der Waals surface area contributed by atoms with E-state index < -0.39 is 11.6 Å². The van der Waals surface area contributed by atoms with Gasteiger partial charge in [0.15, 0.2) is 0 Å². The molecule has 2 unspecified atom stereocenters. The molecular weight excluding hydrogens is 326 g/mol. The summed E-state index contributed by atoms with van der Waals surface area (Å²) in [6.07, 6.45) is 3.54. The van der Waals surface area contributed by atoms with Crippen LogP contribution in [-0.4, -0.2) is 17.3 Å². The van der Waals surface area contributed by atoms with Crippen molar-refractivity contribution < 1.29 is 18.3 Å². The number of hydrogen-bond acceptors (Lipinski definition) is 4. The van der Waals surface area contributed by atoms with E-state index in [9.17, 15) is 8.78 Å². The minimum Gasteiger partial charge on any atom is -0.474 e. The number of fused-ring (bicyclic) bond motifs is 1. The van der Waals surface area contributed by atoms with E-state index in [-0.39, 0.29) is 18.4 Å². The van der Waals surface area contributed by atoms with Gasteiger partial charge in [0.2, 0.25) is 5.88 Å². The molecular formula is C19H18F2N2O2. The van der Waals surface area contributed by atoms with Crippen molar-refractivity contribution in [3.05, 3.63) is 47.2 Å². The molecule has 1 aliphatic carbocycles. The fourth-order valence-corrected chi connectivity index (χ4v) is 3.65. The van der Waals surface area contributed by atoms with Crippen LogP contribution < -0.4 is 10.5 Å². The standard InChI is InChI=1S/C19H18F2N2O2/c20-10-3-4-11(14(21)7-10)13-8-15(17-18(22)25-17)23-19-12(13)5-6-16(24-19)9-1-2-9/h3-4,7-9,16-18H,1-2,5-6,22H2/t16-,17?,18?/m1/s1. The molecule has 1 aromatic heterocycles. The number of pyridine rings is 1. The number of hydrogen-bond donors (Lipinski definition) is 1. The zero-order valence-corrected chi connectivity index (χ0v) is 13.5. The SMILES string of the molecule is NC1OC1c1cc(-c2ccc(F)cc2F)c2c(n1)O[C@@H](C1CC1)CC2. The average molecular weight is 344 g/mol. The van der Waals surface area contributed by atoms with Crippen LogP contribution in [0, 0.1) is 17.6 Å². The fourth-order valence-electron chi connectivity index (χ4n) is 3.65. The van der Waals surface area contributed by atoms with Crippen molar-refractivity contribution >= 4 is 0 Å². The molecule has 4 nitrogen and oxygen atoms in total. The molecule has 0 bridgehead atoms. The van der Waals surface area contributed by atoms with Gasteiger partial charge in [-0.1, -0.05) is 0 Å². The lowest BCUT2D eigenvalue weighted by atomic mass is 9.92. The number of benzene rings is 1. The first-order valence-corrected chi connectivity index (χ1v) is 8.67. The Hall–Kier alpha value is -2.05. The number of halogens is 2. The van der Waals surface area contributed by atoms with Crippen LogP contribution in [0.3, 0.4) is 0 Å². The Bertz CT molecular complexity index is 854. The molecule has 0 radical (unpaired) electrons. The predicted octanol–water partition coefficient (Wildman–Crippen LogP) is 3.49. The summed E-state index contributed by atoms with van der Waals surface area (Å²) in [6.45, 7) is 0. The summed E-state index contributed by atoms with van der Waals surface area (Å²) in [5.74, 6) is -0.0437. The lowest BCUT2D eigenvalue weighted by Gasteiger charge is -2.27. The fraction of sp³-hybridized carbons (Fsp3) is 0.421. The molecule has 25 heavy (non-hydrogen) atoms. The van der Waals surface area contributed by atoms with Crippen LogP contribution in [-0.2, 0) is 11.2 Å². The van der Waals surface area contributed by atoms with Gasteiger partial charge < -0.3 is 15.2 Å². The second kappa shape index (κ2) is 5.47. The van der Waals surface area contributed by atoms with Crippen LogP contribution in [0.5, 0.6) is 5.88 Å². The van der Waals surface area contributed by atoms with E-state index in [1.165, 1.54) is 25.0 Å². The van der Waals surface area contributed by atoms with Crippen molar-refractivity contribution in [2.45, 2.75) is 44.1 Å². The summed E-state index contributed by atoms with van der Waals surface area (Å²) in [7, 11) is 0. The monoisotopic (exact) mass is 344 g/mol. The summed E-state index contributed by atoms with van der Waals surface area (Å²) in [5, 5.41) is 0. The molecule has 130 valence electrons. The normalized spacial score (nSPS) is 27.6. The van der Waals surface area contributed by atoms with Crippen molar-refractivity contribution in [3.63, 3.8) is 0 Å². The summed E-state index contributed by atoms with van der Waals surface area (Å²) >= 11 is 0. The Morgan fingerprint density at radius 2 is 1.88 bits per heavy atom. The Balaban J connectivity index is 1.62. The highest BCUT2D eigenvalue weighted by Gasteiger charge is 2.41. The first-order valence-electron chi connectivity index (χ1n) is 8.67. The molecule has 2 aliphatic heterocycles. The molecule has 1 saturated heterocycles. The quantitative estimate of drug-likeness (QED) is 0.866. The van der Waals surface area contributed by atoms with Crippen molar-refractivity contribution in [2.24, 2.45) is 11.7 Å². The minimum atomic E-state index is -0.595. The maximum atomic E-state index is 14.4. The highest BCUT2D eigenvalue weighted by Crippen LogP contribution is 2.45. The molecule has 0 amide bonds. The predicted molar refractivity (Wildman–Crippen MR) is 86.9 cm³/mol. The number of nitrogens with zero attached hydrogens (tertiary/aromatic N) is 1. The number of epoxide rings is 1. The van der Waals surface area contributed by atoms with Crippen molar-refractivity contribution in [1.82, 2.24) is 4.98 Å². The van der Waals surface area contributed by atoms with E-state index in [4.69, 9.17) is 15.2 Å². The van der Waals surface area contributed by atoms with E-state index in [2.05, 4.69) is 4.98 Å². The molecule has 2 fully saturated rings. The second-order valence-electron chi connectivity index (χ2n) is 7.06. The number of aromatic nitrogens is 1. The minimum absolute atomic E-state index is 0.176. The summed E-state index contributed by atoms with van der Waals surface area (Å²) in [6, 6.07) is 5.43. The van der Waals surface area contributed by atoms with Gasteiger partial charge in [0.1, 0.15) is 30.1 Å². The topological polar surface area (TPSA) is 60.7 Å². The first-order chi connectivity index (χ1) is 12.1. The number of rotatable bonds is 3. The Labute approximate surface area is 144 Å². The van der Waals surface area contributed by atoms with Gasteiger partial charge in [-0.25, -0.2) is 13.8 Å². The van der Waals surface area contributed by atoms with Gasteiger partial charge in [-0.05, 0) is 55.4 Å². The molecule has 0 spiro atoms. The van der Waals surface area contributed by atoms with Gasteiger partial charge in [-0.2, -0.15) is 0 Å². The summed E-state index contributed by atoms with van der Waals surface area (Å²) in [4.78, 5) is 4.60. The molecule has 5 rings (SSSR count). The third-order valence-electron chi connectivity index (χ3n) is 5.23. The van der Waals surface area contributed by atoms with Crippen LogP contribution in [0.1, 0.15) is 36.6 Å². The van der Waals surface area contributed by atoms with Gasteiger partial charge in [0, 0.05) is 17.2 Å². The van der Waals surface area contributed by atoms with E-state index in [0.717, 1.165) is 24.5 Å². The lowest BCUT2D eigenvalue weighted by Crippen LogP contribution is -2.26. The highest BCUT2D eigenvalue weighted by atomic mass is 19.1. The van der Waals surface area contributed by atoms with E-state index in [1.54, 1.807) is 6.07 Å².